The standard InChI is InChI=1S/C15H17BrN6.CH4O/c1-3-21(2)14-7-13(18-9-11-5-4-6-17-8-11)22-15(20-14)12(16)10-19-22;1-2/h4-8,10,18H,3,9H2,1-2H3;2H,1H3. The molecule has 0 aromatic carbocycles. The van der Waals surface area contributed by atoms with E-state index in [1.165, 1.54) is 0 Å². The van der Waals surface area contributed by atoms with Gasteiger partial charge in [-0.05, 0) is 34.5 Å². The molecule has 7 nitrogen and oxygen atoms in total. The van der Waals surface area contributed by atoms with Gasteiger partial charge < -0.3 is 15.3 Å². The topological polar surface area (TPSA) is 78.6 Å². The predicted octanol–water partition coefficient (Wildman–Crippen LogP) is 2.56. The maximum Gasteiger partial charge on any atom is 0.173 e. The molecule has 0 fully saturated rings. The van der Waals surface area contributed by atoms with E-state index in [2.05, 4.69) is 48.1 Å². The van der Waals surface area contributed by atoms with Crippen LogP contribution >= 0.6 is 15.9 Å². The predicted molar refractivity (Wildman–Crippen MR) is 99.3 cm³/mol. The van der Waals surface area contributed by atoms with Crippen molar-refractivity contribution in [2.45, 2.75) is 13.5 Å². The van der Waals surface area contributed by atoms with E-state index in [0.29, 0.717) is 6.54 Å². The lowest BCUT2D eigenvalue weighted by atomic mass is 10.3. The second kappa shape index (κ2) is 8.60. The lowest BCUT2D eigenvalue weighted by Gasteiger charge is -2.18. The Labute approximate surface area is 149 Å². The third kappa shape index (κ3) is 4.01. The summed E-state index contributed by atoms with van der Waals surface area (Å²) in [5, 5.41) is 14.8. The van der Waals surface area contributed by atoms with Gasteiger partial charge >= 0.3 is 0 Å². The SMILES string of the molecule is CCN(C)c1cc(NCc2cccnc2)n2ncc(Br)c2n1.CO. The zero-order valence-electron chi connectivity index (χ0n) is 13.9. The van der Waals surface area contributed by atoms with Crippen molar-refractivity contribution in [3.63, 3.8) is 0 Å². The largest absolute Gasteiger partial charge is 0.400 e. The molecule has 0 saturated heterocycles. The van der Waals surface area contributed by atoms with E-state index in [1.54, 1.807) is 16.9 Å². The highest BCUT2D eigenvalue weighted by Crippen LogP contribution is 2.24. The Morgan fingerprint density at radius 3 is 2.79 bits per heavy atom. The van der Waals surface area contributed by atoms with Crippen molar-refractivity contribution >= 4 is 33.2 Å². The summed E-state index contributed by atoms with van der Waals surface area (Å²) in [4.78, 5) is 10.9. The zero-order valence-corrected chi connectivity index (χ0v) is 15.5. The van der Waals surface area contributed by atoms with Crippen molar-refractivity contribution < 1.29 is 5.11 Å². The molecule has 8 heteroatoms. The Morgan fingerprint density at radius 2 is 2.12 bits per heavy atom. The molecule has 3 aromatic heterocycles. The van der Waals surface area contributed by atoms with Crippen molar-refractivity contribution in [3.8, 4) is 0 Å². The van der Waals surface area contributed by atoms with E-state index < -0.39 is 0 Å². The molecule has 128 valence electrons. The van der Waals surface area contributed by atoms with Crippen molar-refractivity contribution in [2.24, 2.45) is 0 Å². The van der Waals surface area contributed by atoms with Gasteiger partial charge in [0.2, 0.25) is 0 Å². The summed E-state index contributed by atoms with van der Waals surface area (Å²) in [5.41, 5.74) is 1.91. The van der Waals surface area contributed by atoms with Crippen molar-refractivity contribution in [1.82, 2.24) is 19.6 Å². The molecule has 0 radical (unpaired) electrons. The number of nitrogens with zero attached hydrogens (tertiary/aromatic N) is 5. The van der Waals surface area contributed by atoms with Crippen LogP contribution in [-0.4, -0.2) is 45.4 Å². The average molecular weight is 393 g/mol. The lowest BCUT2D eigenvalue weighted by Crippen LogP contribution is -2.18. The monoisotopic (exact) mass is 392 g/mol. The minimum Gasteiger partial charge on any atom is -0.400 e. The van der Waals surface area contributed by atoms with Crippen molar-refractivity contribution in [1.29, 1.82) is 0 Å². The number of anilines is 2. The van der Waals surface area contributed by atoms with Gasteiger partial charge in [-0.15, -0.1) is 0 Å². The number of hydrogen-bond donors (Lipinski definition) is 2. The van der Waals surface area contributed by atoms with Gasteiger partial charge in [0, 0.05) is 45.7 Å². The highest BCUT2D eigenvalue weighted by Gasteiger charge is 2.11. The number of aliphatic hydroxyl groups is 1. The molecule has 0 aliphatic rings. The maximum absolute atomic E-state index is 7.00. The van der Waals surface area contributed by atoms with Gasteiger partial charge in [0.25, 0.3) is 0 Å². The smallest absolute Gasteiger partial charge is 0.173 e. The van der Waals surface area contributed by atoms with E-state index in [9.17, 15) is 0 Å². The van der Waals surface area contributed by atoms with Gasteiger partial charge in [0.1, 0.15) is 11.6 Å². The Bertz CT molecular complexity index is 777. The Hall–Kier alpha value is -2.19. The summed E-state index contributed by atoms with van der Waals surface area (Å²) >= 11 is 3.50. The van der Waals surface area contributed by atoms with Crippen LogP contribution in [0.3, 0.4) is 0 Å². The Morgan fingerprint density at radius 1 is 1.33 bits per heavy atom. The summed E-state index contributed by atoms with van der Waals surface area (Å²) in [6.45, 7) is 3.66. The molecular weight excluding hydrogens is 372 g/mol. The second-order valence-corrected chi connectivity index (χ2v) is 5.81. The van der Waals surface area contributed by atoms with Crippen molar-refractivity contribution in [2.75, 3.05) is 30.9 Å². The number of aromatic nitrogens is 4. The van der Waals surface area contributed by atoms with Crippen LogP contribution in [0.2, 0.25) is 0 Å². The molecule has 0 spiro atoms. The van der Waals surface area contributed by atoms with Crippen LogP contribution in [0.5, 0.6) is 0 Å². The molecule has 0 aliphatic carbocycles. The molecule has 0 bridgehead atoms. The van der Waals surface area contributed by atoms with Crippen molar-refractivity contribution in [3.05, 3.63) is 46.8 Å². The van der Waals surface area contributed by atoms with Crippen LogP contribution in [0.4, 0.5) is 11.6 Å². The molecule has 3 aromatic rings. The van der Waals surface area contributed by atoms with Gasteiger partial charge in [-0.25, -0.2) is 4.98 Å². The van der Waals surface area contributed by atoms with Gasteiger partial charge in [0.15, 0.2) is 5.65 Å². The van der Waals surface area contributed by atoms with Gasteiger partial charge in [0.05, 0.1) is 10.7 Å². The van der Waals surface area contributed by atoms with Gasteiger partial charge in [-0.3, -0.25) is 4.98 Å². The average Bonchev–Trinajstić information content (AvgIpc) is 3.02. The zero-order chi connectivity index (χ0) is 17.5. The lowest BCUT2D eigenvalue weighted by molar-refractivity contribution is 0.399. The fourth-order valence-electron chi connectivity index (χ4n) is 2.10. The first kappa shape index (κ1) is 18.2. The fraction of sp³-hybridized carbons (Fsp3) is 0.312. The molecular formula is C16H21BrN6O. The summed E-state index contributed by atoms with van der Waals surface area (Å²) < 4.78 is 2.68. The second-order valence-electron chi connectivity index (χ2n) is 4.96. The first-order chi connectivity index (χ1) is 11.7. The molecule has 0 aliphatic heterocycles. The summed E-state index contributed by atoms with van der Waals surface area (Å²) in [7, 11) is 3.02. The molecule has 3 rings (SSSR count). The van der Waals surface area contributed by atoms with Crippen LogP contribution < -0.4 is 10.2 Å². The number of pyridine rings is 1. The Balaban J connectivity index is 0.00000100. The number of fused-ring (bicyclic) bond motifs is 1. The molecule has 0 atom stereocenters. The summed E-state index contributed by atoms with van der Waals surface area (Å²) in [6, 6.07) is 5.97. The van der Waals surface area contributed by atoms with E-state index in [-0.39, 0.29) is 0 Å². The molecule has 24 heavy (non-hydrogen) atoms. The van der Waals surface area contributed by atoms with E-state index >= 15 is 0 Å². The summed E-state index contributed by atoms with van der Waals surface area (Å²) in [5.74, 6) is 1.81. The molecule has 3 heterocycles. The number of rotatable bonds is 5. The minimum atomic E-state index is 0.680. The normalized spacial score (nSPS) is 10.2. The third-order valence-corrected chi connectivity index (χ3v) is 4.04. The third-order valence-electron chi connectivity index (χ3n) is 3.48. The molecule has 2 N–H and O–H groups in total. The van der Waals surface area contributed by atoms with Crippen LogP contribution in [0.1, 0.15) is 12.5 Å². The number of hydrogen-bond acceptors (Lipinski definition) is 6. The number of halogens is 1. The number of nitrogens with one attached hydrogen (secondary N) is 1. The van der Waals surface area contributed by atoms with Crippen LogP contribution in [0.15, 0.2) is 41.3 Å². The Kier molecular flexibility index (Phi) is 6.51. The molecule has 0 unspecified atom stereocenters. The highest BCUT2D eigenvalue weighted by atomic mass is 79.9. The van der Waals surface area contributed by atoms with Crippen LogP contribution in [0, 0.1) is 0 Å². The first-order valence-corrected chi connectivity index (χ1v) is 8.31. The number of aliphatic hydroxyl groups excluding tert-OH is 1. The van der Waals surface area contributed by atoms with Crippen LogP contribution in [0.25, 0.3) is 5.65 Å². The molecule has 0 saturated carbocycles. The minimum absolute atomic E-state index is 0.680. The summed E-state index contributed by atoms with van der Waals surface area (Å²) in [6.07, 6.45) is 5.38. The molecule has 0 amide bonds. The van der Waals surface area contributed by atoms with Gasteiger partial charge in [-0.2, -0.15) is 9.61 Å². The quantitative estimate of drug-likeness (QED) is 0.694. The highest BCUT2D eigenvalue weighted by molar-refractivity contribution is 9.10. The van der Waals surface area contributed by atoms with Crippen LogP contribution in [-0.2, 0) is 6.54 Å². The van der Waals surface area contributed by atoms with E-state index in [0.717, 1.165) is 41.0 Å². The maximum atomic E-state index is 7.00. The fourth-order valence-corrected chi connectivity index (χ4v) is 2.45. The van der Waals surface area contributed by atoms with E-state index in [1.807, 2.05) is 31.4 Å². The van der Waals surface area contributed by atoms with E-state index in [4.69, 9.17) is 5.11 Å². The first-order valence-electron chi connectivity index (χ1n) is 7.52. The van der Waals surface area contributed by atoms with Gasteiger partial charge in [-0.1, -0.05) is 6.07 Å².